The third-order valence-corrected chi connectivity index (χ3v) is 9.08. The Morgan fingerprint density at radius 2 is 1.97 bits per heavy atom. The largest absolute Gasteiger partial charge is 0.598 e. The van der Waals surface area contributed by atoms with E-state index in [-0.39, 0.29) is 40.1 Å². The molecule has 36 heavy (non-hydrogen) atoms. The number of amides is 1. The lowest BCUT2D eigenvalue weighted by atomic mass is 9.85. The zero-order valence-electron chi connectivity index (χ0n) is 21.4. The predicted octanol–water partition coefficient (Wildman–Crippen LogP) is 5.69. The van der Waals surface area contributed by atoms with Crippen LogP contribution < -0.4 is 9.46 Å². The maximum absolute atomic E-state index is 13.2. The molecule has 1 amide bonds. The second-order valence-corrected chi connectivity index (χ2v) is 13.6. The third kappa shape index (κ3) is 7.03. The summed E-state index contributed by atoms with van der Waals surface area (Å²) < 4.78 is 33.2. The van der Waals surface area contributed by atoms with Gasteiger partial charge in [0.1, 0.15) is 17.1 Å². The number of nitrogens with one attached hydrogen (secondary N) is 1. The summed E-state index contributed by atoms with van der Waals surface area (Å²) in [4.78, 5) is 14.8. The topological polar surface area (TPSA) is 83.1 Å². The van der Waals surface area contributed by atoms with E-state index in [1.807, 2.05) is 20.8 Å². The van der Waals surface area contributed by atoms with Crippen LogP contribution in [0.4, 0.5) is 0 Å². The van der Waals surface area contributed by atoms with Gasteiger partial charge in [-0.25, -0.2) is 0 Å². The highest BCUT2D eigenvalue weighted by molar-refractivity contribution is 7.90. The van der Waals surface area contributed by atoms with Crippen LogP contribution in [0.15, 0.2) is 18.7 Å². The Kier molecular flexibility index (Phi) is 9.94. The fraction of sp³-hybridized carbons (Fsp3) is 0.640. The van der Waals surface area contributed by atoms with Gasteiger partial charge in [0.25, 0.3) is 5.91 Å². The average Bonchev–Trinajstić information content (AvgIpc) is 3.18. The predicted molar refractivity (Wildman–Crippen MR) is 145 cm³/mol. The molecule has 0 spiro atoms. The molecular formula is C25H35Cl3N2O5S. The smallest absolute Gasteiger partial charge is 0.254 e. The van der Waals surface area contributed by atoms with Crippen LogP contribution in [-0.2, 0) is 25.6 Å². The molecule has 3 rings (SSSR count). The number of likely N-dealkylation sites (tertiary alicyclic amines) is 1. The van der Waals surface area contributed by atoms with E-state index in [1.54, 1.807) is 30.9 Å². The Hall–Kier alpha value is -0.710. The van der Waals surface area contributed by atoms with Gasteiger partial charge in [0.05, 0.1) is 27.7 Å². The van der Waals surface area contributed by atoms with Crippen LogP contribution in [0, 0.1) is 5.92 Å². The molecular weight excluding hydrogens is 547 g/mol. The molecule has 0 bridgehead atoms. The molecule has 1 N–H and O–H groups in total. The van der Waals surface area contributed by atoms with Gasteiger partial charge in [0.2, 0.25) is 0 Å². The molecule has 11 heteroatoms. The molecule has 3 atom stereocenters. The number of ether oxygens (including phenoxy) is 3. The number of carbonyl (C=O) groups excluding carboxylic acids is 1. The maximum Gasteiger partial charge on any atom is 0.254 e. The summed E-state index contributed by atoms with van der Waals surface area (Å²) in [7, 11) is 0. The van der Waals surface area contributed by atoms with Crippen LogP contribution in [0.25, 0.3) is 0 Å². The summed E-state index contributed by atoms with van der Waals surface area (Å²) in [5, 5.41) is 0.729. The first kappa shape index (κ1) is 29.8. The molecule has 202 valence electrons. The van der Waals surface area contributed by atoms with Crippen molar-refractivity contribution in [3.05, 3.63) is 39.4 Å². The monoisotopic (exact) mass is 580 g/mol. The summed E-state index contributed by atoms with van der Waals surface area (Å²) in [6.45, 7) is 14.5. The molecule has 2 saturated heterocycles. The first-order valence-electron chi connectivity index (χ1n) is 11.9. The van der Waals surface area contributed by atoms with Crippen molar-refractivity contribution in [3.63, 3.8) is 0 Å². The minimum atomic E-state index is -1.41. The van der Waals surface area contributed by atoms with Crippen molar-refractivity contribution in [1.29, 1.82) is 0 Å². The molecule has 7 nitrogen and oxygen atoms in total. The van der Waals surface area contributed by atoms with E-state index >= 15 is 0 Å². The van der Waals surface area contributed by atoms with Gasteiger partial charge < -0.3 is 23.7 Å². The van der Waals surface area contributed by atoms with Crippen molar-refractivity contribution in [2.75, 3.05) is 26.3 Å². The molecule has 1 aromatic carbocycles. The standard InChI is InChI=1S/C25H35Cl3N2O5S/c1-7-12-33-17-13-16(26)20(27)21(28)19(17)22(29-36(32)24(2,3)4)15-8-10-30(11-9-15)23(31)18-14-34-25(5,6)35-18/h7,13,15,18,22,29H,1,8-12,14H2,2-6H3/t18?,22-,36+/m1/s1. The number of carbonyl (C=O) groups is 1. The van der Waals surface area contributed by atoms with Crippen LogP contribution in [0.1, 0.15) is 59.1 Å². The van der Waals surface area contributed by atoms with Gasteiger partial charge in [-0.1, -0.05) is 47.5 Å². The van der Waals surface area contributed by atoms with E-state index in [9.17, 15) is 9.35 Å². The second kappa shape index (κ2) is 12.0. The summed E-state index contributed by atoms with van der Waals surface area (Å²) in [5.41, 5.74) is 0.601. The number of benzene rings is 1. The Morgan fingerprint density at radius 1 is 1.33 bits per heavy atom. The van der Waals surface area contributed by atoms with E-state index in [0.29, 0.717) is 37.2 Å². The van der Waals surface area contributed by atoms with Crippen LogP contribution in [0.5, 0.6) is 5.75 Å². The van der Waals surface area contributed by atoms with Crippen molar-refractivity contribution in [1.82, 2.24) is 9.62 Å². The van der Waals surface area contributed by atoms with Gasteiger partial charge >= 0.3 is 0 Å². The van der Waals surface area contributed by atoms with Crippen molar-refractivity contribution < 1.29 is 23.6 Å². The first-order valence-corrected chi connectivity index (χ1v) is 14.2. The van der Waals surface area contributed by atoms with Gasteiger partial charge in [-0.3, -0.25) is 4.79 Å². The molecule has 1 unspecified atom stereocenters. The number of rotatable bonds is 8. The van der Waals surface area contributed by atoms with E-state index in [0.717, 1.165) is 0 Å². The van der Waals surface area contributed by atoms with Crippen LogP contribution in [0.3, 0.4) is 0 Å². The van der Waals surface area contributed by atoms with Crippen molar-refractivity contribution in [2.45, 2.75) is 70.1 Å². The SMILES string of the molecule is C=CCOc1cc(Cl)c(Cl)c(Cl)c1[C@H](N[S@@+]([O-])C(C)(C)C)C1CCN(C(=O)C2COC(C)(C)O2)CC1. The number of halogens is 3. The van der Waals surface area contributed by atoms with Crippen LogP contribution in [0.2, 0.25) is 15.1 Å². The van der Waals surface area contributed by atoms with Gasteiger partial charge in [0, 0.05) is 36.1 Å². The summed E-state index contributed by atoms with van der Waals surface area (Å²) in [6, 6.07) is 1.18. The van der Waals surface area contributed by atoms with E-state index < -0.39 is 34.0 Å². The Morgan fingerprint density at radius 3 is 2.50 bits per heavy atom. The van der Waals surface area contributed by atoms with E-state index in [4.69, 9.17) is 49.0 Å². The summed E-state index contributed by atoms with van der Waals surface area (Å²) >= 11 is 18.1. The molecule has 0 aliphatic carbocycles. The highest BCUT2D eigenvalue weighted by Gasteiger charge is 2.42. The van der Waals surface area contributed by atoms with E-state index in [1.165, 1.54) is 0 Å². The highest BCUT2D eigenvalue weighted by Crippen LogP contribution is 2.46. The minimum Gasteiger partial charge on any atom is -0.598 e. The van der Waals surface area contributed by atoms with Gasteiger partial charge in [-0.05, 0) is 53.4 Å². The van der Waals surface area contributed by atoms with E-state index in [2.05, 4.69) is 11.3 Å². The summed E-state index contributed by atoms with van der Waals surface area (Å²) in [6.07, 6.45) is 2.32. The molecule has 0 radical (unpaired) electrons. The fourth-order valence-corrected chi connectivity index (χ4v) is 5.90. The first-order chi connectivity index (χ1) is 16.7. The molecule has 0 aromatic heterocycles. The quantitative estimate of drug-likeness (QED) is 0.241. The Balaban J connectivity index is 1.87. The fourth-order valence-electron chi connectivity index (χ4n) is 4.29. The second-order valence-electron chi connectivity index (χ2n) is 10.5. The van der Waals surface area contributed by atoms with Crippen molar-refractivity contribution in [2.24, 2.45) is 5.92 Å². The minimum absolute atomic E-state index is 0.00152. The number of piperidine rings is 1. The average molecular weight is 582 g/mol. The van der Waals surface area contributed by atoms with Crippen molar-refractivity contribution >= 4 is 52.1 Å². The maximum atomic E-state index is 13.2. The van der Waals surface area contributed by atoms with Gasteiger partial charge in [-0.15, -0.1) is 4.72 Å². The van der Waals surface area contributed by atoms with Crippen LogP contribution >= 0.6 is 34.8 Å². The lowest BCUT2D eigenvalue weighted by molar-refractivity contribution is -0.161. The Labute approximate surface area is 232 Å². The van der Waals surface area contributed by atoms with Gasteiger partial charge in [-0.2, -0.15) is 0 Å². The molecule has 2 aliphatic rings. The number of nitrogens with zero attached hydrogens (tertiary/aromatic N) is 1. The highest BCUT2D eigenvalue weighted by atomic mass is 35.5. The van der Waals surface area contributed by atoms with Crippen molar-refractivity contribution in [3.8, 4) is 5.75 Å². The number of hydrogen-bond acceptors (Lipinski definition) is 6. The normalized spacial score (nSPS) is 22.4. The molecule has 2 fully saturated rings. The zero-order chi connectivity index (χ0) is 26.8. The van der Waals surface area contributed by atoms with Gasteiger partial charge in [0.15, 0.2) is 11.9 Å². The third-order valence-electron chi connectivity index (χ3n) is 6.23. The molecule has 2 aliphatic heterocycles. The Bertz CT molecular complexity index is 964. The lowest BCUT2D eigenvalue weighted by Gasteiger charge is -2.39. The lowest BCUT2D eigenvalue weighted by Crippen LogP contribution is -2.48. The molecule has 1 aromatic rings. The summed E-state index contributed by atoms with van der Waals surface area (Å²) in [5.74, 6) is -0.394. The zero-order valence-corrected chi connectivity index (χ0v) is 24.5. The molecule has 0 saturated carbocycles. The molecule has 2 heterocycles. The number of hydrogen-bond donors (Lipinski definition) is 1. The van der Waals surface area contributed by atoms with Crippen LogP contribution in [-0.4, -0.2) is 58.3 Å².